The van der Waals surface area contributed by atoms with Crippen molar-refractivity contribution < 1.29 is 14.3 Å². The monoisotopic (exact) mass is 391 g/mol. The Morgan fingerprint density at radius 1 is 1.21 bits per heavy atom. The largest absolute Gasteiger partial charge is 0.493 e. The molecule has 1 fully saturated rings. The predicted octanol–water partition coefficient (Wildman–Crippen LogP) is 4.02. The smallest absolute Gasteiger partial charge is 0.265 e. The lowest BCUT2D eigenvalue weighted by molar-refractivity contribution is -0.127. The number of carbonyl (C=O) groups excluding carboxylic acids is 2. The number of anilines is 2. The zero-order valence-corrected chi connectivity index (χ0v) is 16.7. The van der Waals surface area contributed by atoms with Crippen LogP contribution in [0.3, 0.4) is 0 Å². The fourth-order valence-electron chi connectivity index (χ4n) is 3.32. The summed E-state index contributed by atoms with van der Waals surface area (Å²) in [6.07, 6.45) is 3.35. The summed E-state index contributed by atoms with van der Waals surface area (Å²) >= 11 is 0. The second-order valence-corrected chi connectivity index (χ2v) is 7.62. The van der Waals surface area contributed by atoms with Crippen LogP contribution in [0.4, 0.5) is 11.4 Å². The van der Waals surface area contributed by atoms with Crippen molar-refractivity contribution in [3.8, 4) is 5.75 Å². The fraction of sp³-hybridized carbons (Fsp3) is 0.348. The zero-order chi connectivity index (χ0) is 20.4. The van der Waals surface area contributed by atoms with E-state index >= 15 is 0 Å². The maximum atomic E-state index is 12.9. The maximum Gasteiger partial charge on any atom is 0.265 e. The van der Waals surface area contributed by atoms with Gasteiger partial charge in [0.05, 0.1) is 18.0 Å². The standard InChI is InChI=1S/C23H25N3O3/c1-3-16-5-4-6-18(13-16)24-22(27)21-15(2)25-26(23(21)28)19-9-11-20(12-10-19)29-14-17-7-8-17/h4-6,9-13,17,21H,3,7-8,14H2,1-2H3,(H,24,27). The van der Waals surface area contributed by atoms with Gasteiger partial charge in [-0.3, -0.25) is 9.59 Å². The minimum atomic E-state index is -0.925. The normalized spacial score (nSPS) is 18.6. The molecule has 6 heteroatoms. The molecule has 29 heavy (non-hydrogen) atoms. The quantitative estimate of drug-likeness (QED) is 0.725. The SMILES string of the molecule is CCc1cccc(NC(=O)C2C(=O)N(c3ccc(OCC4CC4)cc3)N=C2C)c1. The van der Waals surface area contributed by atoms with E-state index in [1.54, 1.807) is 19.1 Å². The molecule has 0 aromatic heterocycles. The highest BCUT2D eigenvalue weighted by molar-refractivity contribution is 6.28. The first-order chi connectivity index (χ1) is 14.0. The molecule has 0 saturated heterocycles. The van der Waals surface area contributed by atoms with E-state index < -0.39 is 5.92 Å². The van der Waals surface area contributed by atoms with Gasteiger partial charge in [-0.25, -0.2) is 0 Å². The number of ether oxygens (including phenoxy) is 1. The highest BCUT2D eigenvalue weighted by Gasteiger charge is 2.39. The van der Waals surface area contributed by atoms with Crippen molar-refractivity contribution in [3.63, 3.8) is 0 Å². The molecule has 2 amide bonds. The van der Waals surface area contributed by atoms with Crippen LogP contribution in [0.1, 0.15) is 32.3 Å². The first-order valence-corrected chi connectivity index (χ1v) is 10.1. The van der Waals surface area contributed by atoms with E-state index in [1.807, 2.05) is 36.4 Å². The Labute approximate surface area is 170 Å². The van der Waals surface area contributed by atoms with Gasteiger partial charge < -0.3 is 10.1 Å². The lowest BCUT2D eigenvalue weighted by atomic mass is 10.0. The molecule has 1 unspecified atom stereocenters. The molecule has 0 spiro atoms. The third-order valence-electron chi connectivity index (χ3n) is 5.26. The van der Waals surface area contributed by atoms with Gasteiger partial charge in [-0.05, 0) is 74.1 Å². The third-order valence-corrected chi connectivity index (χ3v) is 5.26. The highest BCUT2D eigenvalue weighted by atomic mass is 16.5. The molecule has 4 rings (SSSR count). The van der Waals surface area contributed by atoms with E-state index in [0.717, 1.165) is 24.3 Å². The van der Waals surface area contributed by atoms with Crippen molar-refractivity contribution in [1.29, 1.82) is 0 Å². The van der Waals surface area contributed by atoms with E-state index in [4.69, 9.17) is 4.74 Å². The zero-order valence-electron chi connectivity index (χ0n) is 16.7. The van der Waals surface area contributed by atoms with Crippen molar-refractivity contribution in [2.24, 2.45) is 16.9 Å². The highest BCUT2D eigenvalue weighted by Crippen LogP contribution is 2.31. The van der Waals surface area contributed by atoms with E-state index in [9.17, 15) is 9.59 Å². The van der Waals surface area contributed by atoms with Crippen LogP contribution < -0.4 is 15.1 Å². The first kappa shape index (κ1) is 19.2. The Balaban J connectivity index is 1.43. The summed E-state index contributed by atoms with van der Waals surface area (Å²) in [6, 6.07) is 14.9. The number of hydrazone groups is 1. The summed E-state index contributed by atoms with van der Waals surface area (Å²) < 4.78 is 5.74. The van der Waals surface area contributed by atoms with Crippen LogP contribution >= 0.6 is 0 Å². The third kappa shape index (κ3) is 4.31. The molecule has 2 aliphatic rings. The lowest BCUT2D eigenvalue weighted by Crippen LogP contribution is -2.36. The summed E-state index contributed by atoms with van der Waals surface area (Å²) in [6.45, 7) is 4.50. The van der Waals surface area contributed by atoms with Gasteiger partial charge in [0, 0.05) is 5.69 Å². The molecule has 1 saturated carbocycles. The van der Waals surface area contributed by atoms with Gasteiger partial charge in [-0.1, -0.05) is 19.1 Å². The Kier molecular flexibility index (Phi) is 5.34. The van der Waals surface area contributed by atoms with Crippen molar-refractivity contribution in [3.05, 3.63) is 54.1 Å². The number of carbonyl (C=O) groups is 2. The topological polar surface area (TPSA) is 71.0 Å². The van der Waals surface area contributed by atoms with Gasteiger partial charge in [0.2, 0.25) is 5.91 Å². The van der Waals surface area contributed by atoms with Gasteiger partial charge in [0.25, 0.3) is 5.91 Å². The van der Waals surface area contributed by atoms with Crippen LogP contribution in [0, 0.1) is 11.8 Å². The van der Waals surface area contributed by atoms with E-state index in [-0.39, 0.29) is 11.8 Å². The van der Waals surface area contributed by atoms with E-state index in [2.05, 4.69) is 17.3 Å². The molecule has 1 heterocycles. The van der Waals surface area contributed by atoms with Gasteiger partial charge >= 0.3 is 0 Å². The molecule has 2 aromatic rings. The fourth-order valence-corrected chi connectivity index (χ4v) is 3.32. The summed E-state index contributed by atoms with van der Waals surface area (Å²) in [4.78, 5) is 25.7. The minimum absolute atomic E-state index is 0.349. The summed E-state index contributed by atoms with van der Waals surface area (Å²) in [5.74, 6) is -0.182. The average molecular weight is 391 g/mol. The Morgan fingerprint density at radius 3 is 2.66 bits per heavy atom. The number of benzene rings is 2. The molecule has 6 nitrogen and oxygen atoms in total. The molecular formula is C23H25N3O3. The van der Waals surface area contributed by atoms with Crippen LogP contribution in [0.25, 0.3) is 0 Å². The molecule has 1 N–H and O–H groups in total. The Morgan fingerprint density at radius 2 is 1.97 bits per heavy atom. The molecule has 1 aliphatic heterocycles. The lowest BCUT2D eigenvalue weighted by Gasteiger charge is -2.15. The number of aryl methyl sites for hydroxylation is 1. The van der Waals surface area contributed by atoms with Gasteiger partial charge in [-0.2, -0.15) is 10.1 Å². The second kappa shape index (κ2) is 8.07. The van der Waals surface area contributed by atoms with Crippen molar-refractivity contribution in [1.82, 2.24) is 0 Å². The Hall–Kier alpha value is -3.15. The molecule has 1 atom stereocenters. The number of hydrogen-bond donors (Lipinski definition) is 1. The predicted molar refractivity (Wildman–Crippen MR) is 113 cm³/mol. The van der Waals surface area contributed by atoms with Gasteiger partial charge in [0.1, 0.15) is 5.75 Å². The molecule has 1 aliphatic carbocycles. The van der Waals surface area contributed by atoms with E-state index in [0.29, 0.717) is 23.0 Å². The Bertz CT molecular complexity index is 948. The van der Waals surface area contributed by atoms with Crippen molar-refractivity contribution in [2.75, 3.05) is 16.9 Å². The first-order valence-electron chi connectivity index (χ1n) is 10.1. The molecule has 150 valence electrons. The van der Waals surface area contributed by atoms with E-state index in [1.165, 1.54) is 17.9 Å². The number of hydrogen-bond acceptors (Lipinski definition) is 4. The minimum Gasteiger partial charge on any atom is -0.493 e. The van der Waals surface area contributed by atoms with Crippen LogP contribution in [0.5, 0.6) is 5.75 Å². The van der Waals surface area contributed by atoms with Crippen LogP contribution in [0.15, 0.2) is 53.6 Å². The molecular weight excluding hydrogens is 366 g/mol. The molecule has 2 aromatic carbocycles. The molecule has 0 bridgehead atoms. The number of amides is 2. The number of nitrogens with one attached hydrogen (secondary N) is 1. The maximum absolute atomic E-state index is 12.9. The number of nitrogens with zero attached hydrogens (tertiary/aromatic N) is 2. The van der Waals surface area contributed by atoms with Gasteiger partial charge in [-0.15, -0.1) is 0 Å². The molecule has 0 radical (unpaired) electrons. The van der Waals surface area contributed by atoms with Crippen molar-refractivity contribution >= 4 is 28.9 Å². The van der Waals surface area contributed by atoms with Crippen LogP contribution in [0.2, 0.25) is 0 Å². The van der Waals surface area contributed by atoms with Gasteiger partial charge in [0.15, 0.2) is 5.92 Å². The summed E-state index contributed by atoms with van der Waals surface area (Å²) in [7, 11) is 0. The van der Waals surface area contributed by atoms with Crippen molar-refractivity contribution in [2.45, 2.75) is 33.1 Å². The summed E-state index contributed by atoms with van der Waals surface area (Å²) in [5.41, 5.74) is 2.91. The summed E-state index contributed by atoms with van der Waals surface area (Å²) in [5, 5.41) is 8.48. The average Bonchev–Trinajstić information content (AvgIpc) is 3.50. The number of rotatable bonds is 7. The second-order valence-electron chi connectivity index (χ2n) is 7.62. The van der Waals surface area contributed by atoms with Crippen LogP contribution in [-0.4, -0.2) is 24.1 Å². The van der Waals surface area contributed by atoms with Crippen LogP contribution in [-0.2, 0) is 16.0 Å².